The van der Waals surface area contributed by atoms with Crippen molar-refractivity contribution in [2.24, 2.45) is 0 Å². The summed E-state index contributed by atoms with van der Waals surface area (Å²) < 4.78 is 12.9. The van der Waals surface area contributed by atoms with Gasteiger partial charge in [0.15, 0.2) is 0 Å². The van der Waals surface area contributed by atoms with E-state index in [0.29, 0.717) is 5.95 Å². The third-order valence-corrected chi connectivity index (χ3v) is 3.57. The van der Waals surface area contributed by atoms with E-state index in [1.54, 1.807) is 23.5 Å². The fourth-order valence-electron chi connectivity index (χ4n) is 1.86. The first-order chi connectivity index (χ1) is 9.76. The van der Waals surface area contributed by atoms with E-state index in [2.05, 4.69) is 20.6 Å². The van der Waals surface area contributed by atoms with Crippen molar-refractivity contribution in [3.8, 4) is 0 Å². The molecule has 0 bridgehead atoms. The van der Waals surface area contributed by atoms with Crippen LogP contribution in [0.15, 0.2) is 35.7 Å². The van der Waals surface area contributed by atoms with Gasteiger partial charge < -0.3 is 10.6 Å². The number of thiophene rings is 1. The van der Waals surface area contributed by atoms with Crippen LogP contribution in [0.3, 0.4) is 0 Å². The molecule has 0 fully saturated rings. The second-order valence-electron chi connectivity index (χ2n) is 4.20. The van der Waals surface area contributed by atoms with Crippen LogP contribution in [0.1, 0.15) is 6.92 Å². The summed E-state index contributed by atoms with van der Waals surface area (Å²) in [4.78, 5) is 9.81. The molecule has 0 spiro atoms. The predicted octanol–water partition coefficient (Wildman–Crippen LogP) is 4.01. The fourth-order valence-corrected chi connectivity index (χ4v) is 2.62. The minimum Gasteiger partial charge on any atom is -0.354 e. The molecule has 0 saturated carbocycles. The number of nitrogens with one attached hydrogen (secondary N) is 2. The topological polar surface area (TPSA) is 49.8 Å². The molecule has 2 N–H and O–H groups in total. The Labute approximate surface area is 119 Å². The van der Waals surface area contributed by atoms with Crippen molar-refractivity contribution in [3.63, 3.8) is 0 Å². The van der Waals surface area contributed by atoms with E-state index in [9.17, 15) is 4.39 Å². The van der Waals surface area contributed by atoms with E-state index < -0.39 is 0 Å². The highest BCUT2D eigenvalue weighted by Gasteiger charge is 2.08. The maximum atomic E-state index is 12.9. The Morgan fingerprint density at radius 2 is 1.95 bits per heavy atom. The lowest BCUT2D eigenvalue weighted by Crippen LogP contribution is -2.04. The number of hydrogen-bond donors (Lipinski definition) is 2. The summed E-state index contributed by atoms with van der Waals surface area (Å²) in [6.45, 7) is 2.75. The highest BCUT2D eigenvalue weighted by molar-refractivity contribution is 7.16. The van der Waals surface area contributed by atoms with Gasteiger partial charge in [0, 0.05) is 12.2 Å². The molecule has 0 aliphatic heterocycles. The number of nitrogens with zero attached hydrogens (tertiary/aromatic N) is 2. The Morgan fingerprint density at radius 1 is 1.15 bits per heavy atom. The monoisotopic (exact) mass is 288 g/mol. The van der Waals surface area contributed by atoms with Crippen LogP contribution in [0, 0.1) is 5.82 Å². The minimum absolute atomic E-state index is 0.257. The smallest absolute Gasteiger partial charge is 0.226 e. The molecule has 2 aromatic heterocycles. The number of anilines is 3. The van der Waals surface area contributed by atoms with Crippen molar-refractivity contribution in [3.05, 3.63) is 41.5 Å². The van der Waals surface area contributed by atoms with Gasteiger partial charge in [-0.05, 0) is 42.6 Å². The predicted molar refractivity (Wildman–Crippen MR) is 81.3 cm³/mol. The molecule has 0 radical (unpaired) electrons. The van der Waals surface area contributed by atoms with Crippen molar-refractivity contribution in [2.45, 2.75) is 6.92 Å². The fraction of sp³-hybridized carbons (Fsp3) is 0.143. The number of halogens is 1. The summed E-state index contributed by atoms with van der Waals surface area (Å²) in [5, 5.41) is 9.25. The Morgan fingerprint density at radius 3 is 2.70 bits per heavy atom. The first kappa shape index (κ1) is 12.8. The summed E-state index contributed by atoms with van der Waals surface area (Å²) in [6.07, 6.45) is 0. The van der Waals surface area contributed by atoms with Crippen LogP contribution in [0.2, 0.25) is 0 Å². The SMILES string of the molecule is CCNc1nc(Nc2ccc(F)cc2)c2ccsc2n1. The van der Waals surface area contributed by atoms with Crippen molar-refractivity contribution >= 4 is 39.0 Å². The lowest BCUT2D eigenvalue weighted by molar-refractivity contribution is 0.628. The molecule has 6 heteroatoms. The molecule has 0 atom stereocenters. The maximum Gasteiger partial charge on any atom is 0.226 e. The van der Waals surface area contributed by atoms with Gasteiger partial charge in [-0.3, -0.25) is 0 Å². The highest BCUT2D eigenvalue weighted by atomic mass is 32.1. The molecule has 0 aliphatic rings. The van der Waals surface area contributed by atoms with Gasteiger partial charge in [-0.15, -0.1) is 11.3 Å². The van der Waals surface area contributed by atoms with Crippen LogP contribution >= 0.6 is 11.3 Å². The van der Waals surface area contributed by atoms with Gasteiger partial charge in [0.2, 0.25) is 5.95 Å². The van der Waals surface area contributed by atoms with E-state index in [4.69, 9.17) is 0 Å². The Balaban J connectivity index is 2.00. The zero-order valence-corrected chi connectivity index (χ0v) is 11.7. The van der Waals surface area contributed by atoms with Crippen molar-refractivity contribution in [2.75, 3.05) is 17.2 Å². The summed E-state index contributed by atoms with van der Waals surface area (Å²) >= 11 is 1.56. The largest absolute Gasteiger partial charge is 0.354 e. The highest BCUT2D eigenvalue weighted by Crippen LogP contribution is 2.28. The molecule has 0 saturated heterocycles. The molecule has 4 nitrogen and oxygen atoms in total. The molecule has 20 heavy (non-hydrogen) atoms. The van der Waals surface area contributed by atoms with Gasteiger partial charge in [-0.25, -0.2) is 9.37 Å². The number of aromatic nitrogens is 2. The van der Waals surface area contributed by atoms with E-state index >= 15 is 0 Å². The van der Waals surface area contributed by atoms with Gasteiger partial charge in [0.25, 0.3) is 0 Å². The number of hydrogen-bond acceptors (Lipinski definition) is 5. The van der Waals surface area contributed by atoms with Gasteiger partial charge in [0.1, 0.15) is 16.5 Å². The molecule has 0 amide bonds. The molecule has 1 aromatic carbocycles. The Kier molecular flexibility index (Phi) is 3.47. The first-order valence-corrected chi connectivity index (χ1v) is 7.16. The molecule has 2 heterocycles. The molecule has 102 valence electrons. The van der Waals surface area contributed by atoms with Crippen LogP contribution < -0.4 is 10.6 Å². The number of benzene rings is 1. The minimum atomic E-state index is -0.257. The summed E-state index contributed by atoms with van der Waals surface area (Å²) in [6, 6.07) is 8.17. The molecule has 3 rings (SSSR count). The molecule has 0 aliphatic carbocycles. The third-order valence-electron chi connectivity index (χ3n) is 2.77. The van der Waals surface area contributed by atoms with Crippen LogP contribution in [0.25, 0.3) is 10.2 Å². The van der Waals surface area contributed by atoms with Gasteiger partial charge >= 0.3 is 0 Å². The number of fused-ring (bicyclic) bond motifs is 1. The quantitative estimate of drug-likeness (QED) is 0.761. The van der Waals surface area contributed by atoms with Gasteiger partial charge in [-0.1, -0.05) is 0 Å². The van der Waals surface area contributed by atoms with Crippen molar-refractivity contribution in [1.29, 1.82) is 0 Å². The molecule has 0 unspecified atom stereocenters. The standard InChI is InChI=1S/C14H13FN4S/c1-2-16-14-18-12(11-7-8-20-13(11)19-14)17-10-5-3-9(15)4-6-10/h3-8H,2H2,1H3,(H2,16,17,18,19). The van der Waals surface area contributed by atoms with E-state index in [-0.39, 0.29) is 5.82 Å². The van der Waals surface area contributed by atoms with E-state index in [0.717, 1.165) is 28.3 Å². The summed E-state index contributed by atoms with van der Waals surface area (Å²) in [7, 11) is 0. The second-order valence-corrected chi connectivity index (χ2v) is 5.09. The van der Waals surface area contributed by atoms with Crippen LogP contribution in [0.5, 0.6) is 0 Å². The van der Waals surface area contributed by atoms with Gasteiger partial charge in [0.05, 0.1) is 5.39 Å². The Hall–Kier alpha value is -2.21. The average molecular weight is 288 g/mol. The average Bonchev–Trinajstić information content (AvgIpc) is 2.90. The van der Waals surface area contributed by atoms with Crippen molar-refractivity contribution in [1.82, 2.24) is 9.97 Å². The summed E-state index contributed by atoms with van der Waals surface area (Å²) in [5.74, 6) is 1.05. The zero-order valence-electron chi connectivity index (χ0n) is 10.9. The second kappa shape index (κ2) is 5.42. The lowest BCUT2D eigenvalue weighted by atomic mass is 10.3. The molecule has 3 aromatic rings. The maximum absolute atomic E-state index is 12.9. The lowest BCUT2D eigenvalue weighted by Gasteiger charge is -2.09. The van der Waals surface area contributed by atoms with E-state index in [1.807, 2.05) is 18.4 Å². The zero-order chi connectivity index (χ0) is 13.9. The van der Waals surface area contributed by atoms with Crippen LogP contribution in [-0.4, -0.2) is 16.5 Å². The normalized spacial score (nSPS) is 10.7. The van der Waals surface area contributed by atoms with Crippen molar-refractivity contribution < 1.29 is 4.39 Å². The molecular weight excluding hydrogens is 275 g/mol. The Bertz CT molecular complexity index is 724. The third kappa shape index (κ3) is 2.55. The molecular formula is C14H13FN4S. The van der Waals surface area contributed by atoms with Gasteiger partial charge in [-0.2, -0.15) is 4.98 Å². The van der Waals surface area contributed by atoms with Crippen LogP contribution in [-0.2, 0) is 0 Å². The van der Waals surface area contributed by atoms with E-state index in [1.165, 1.54) is 12.1 Å². The number of rotatable bonds is 4. The summed E-state index contributed by atoms with van der Waals surface area (Å²) in [5.41, 5.74) is 0.792. The van der Waals surface area contributed by atoms with Crippen LogP contribution in [0.4, 0.5) is 21.8 Å². The first-order valence-electron chi connectivity index (χ1n) is 6.28.